The Kier molecular flexibility index (Phi) is 7.59. The summed E-state index contributed by atoms with van der Waals surface area (Å²) in [5.74, 6) is 0.255. The molecule has 31 heavy (non-hydrogen) atoms. The Hall–Kier alpha value is -2.98. The number of carbonyl (C=O) groups excluding carboxylic acids is 1. The van der Waals surface area contributed by atoms with E-state index in [9.17, 15) is 13.2 Å². The third kappa shape index (κ3) is 6.25. The molecule has 0 aliphatic rings. The van der Waals surface area contributed by atoms with Crippen LogP contribution >= 0.6 is 11.3 Å². The molecule has 1 amide bonds. The van der Waals surface area contributed by atoms with Gasteiger partial charge in [-0.3, -0.25) is 14.8 Å². The average Bonchev–Trinajstić information content (AvgIpc) is 3.21. The van der Waals surface area contributed by atoms with Gasteiger partial charge in [-0.1, -0.05) is 31.1 Å². The van der Waals surface area contributed by atoms with Crippen molar-refractivity contribution in [2.24, 2.45) is 0 Å². The molecule has 1 aromatic heterocycles. The van der Waals surface area contributed by atoms with Crippen LogP contribution in [0.15, 0.2) is 53.4 Å². The molecule has 0 fully saturated rings. The lowest BCUT2D eigenvalue weighted by Gasteiger charge is -2.09. The first kappa shape index (κ1) is 22.7. The molecule has 2 N–H and O–H groups in total. The van der Waals surface area contributed by atoms with E-state index in [1.165, 1.54) is 42.7 Å². The summed E-state index contributed by atoms with van der Waals surface area (Å²) in [6.07, 6.45) is 4.14. The van der Waals surface area contributed by atoms with Crippen LogP contribution < -0.4 is 14.8 Å². The lowest BCUT2D eigenvalue weighted by molar-refractivity contribution is 0.102. The van der Waals surface area contributed by atoms with Gasteiger partial charge in [-0.25, -0.2) is 8.42 Å². The van der Waals surface area contributed by atoms with Crippen molar-refractivity contribution < 1.29 is 17.9 Å². The molecule has 1 heterocycles. The number of anilines is 2. The molecule has 0 aliphatic heterocycles. The van der Waals surface area contributed by atoms with Gasteiger partial charge in [0.1, 0.15) is 10.8 Å². The monoisotopic (exact) mass is 460 g/mol. The van der Waals surface area contributed by atoms with Gasteiger partial charge >= 0.3 is 0 Å². The van der Waals surface area contributed by atoms with E-state index in [0.29, 0.717) is 22.1 Å². The lowest BCUT2D eigenvalue weighted by atomic mass is 10.2. The Morgan fingerprint density at radius 3 is 2.39 bits per heavy atom. The van der Waals surface area contributed by atoms with Gasteiger partial charge in [-0.15, -0.1) is 10.2 Å². The van der Waals surface area contributed by atoms with Gasteiger partial charge in [0.15, 0.2) is 0 Å². The van der Waals surface area contributed by atoms with Crippen LogP contribution in [0.2, 0.25) is 0 Å². The van der Waals surface area contributed by atoms with Crippen molar-refractivity contribution in [3.63, 3.8) is 0 Å². The van der Waals surface area contributed by atoms with Crippen molar-refractivity contribution in [2.75, 3.05) is 17.1 Å². The van der Waals surface area contributed by atoms with E-state index in [-0.39, 0.29) is 10.8 Å². The van der Waals surface area contributed by atoms with E-state index < -0.39 is 10.0 Å². The Labute approximate surface area is 185 Å². The number of nitrogens with one attached hydrogen (secondary N) is 2. The van der Waals surface area contributed by atoms with Crippen LogP contribution in [0.5, 0.6) is 5.75 Å². The SMILES string of the molecule is CCCCCc1nnc(NC(=O)c2ccc(S(=O)(=O)Nc3ccc(OC)cc3)cc2)s1. The summed E-state index contributed by atoms with van der Waals surface area (Å²) >= 11 is 1.35. The zero-order valence-electron chi connectivity index (χ0n) is 17.3. The minimum absolute atomic E-state index is 0.0500. The number of aromatic nitrogens is 2. The third-order valence-electron chi connectivity index (χ3n) is 4.45. The second kappa shape index (κ2) is 10.4. The third-order valence-corrected chi connectivity index (χ3v) is 6.75. The highest BCUT2D eigenvalue weighted by Gasteiger charge is 2.16. The van der Waals surface area contributed by atoms with E-state index in [0.717, 1.165) is 30.7 Å². The van der Waals surface area contributed by atoms with Crippen molar-refractivity contribution >= 4 is 38.1 Å². The number of nitrogens with zero attached hydrogens (tertiary/aromatic N) is 2. The lowest BCUT2D eigenvalue weighted by Crippen LogP contribution is -2.14. The number of benzene rings is 2. The van der Waals surface area contributed by atoms with Crippen molar-refractivity contribution in [2.45, 2.75) is 37.5 Å². The zero-order valence-corrected chi connectivity index (χ0v) is 18.9. The number of carbonyl (C=O) groups is 1. The number of aryl methyl sites for hydroxylation is 1. The second-order valence-corrected chi connectivity index (χ2v) is 9.52. The van der Waals surface area contributed by atoms with Gasteiger partial charge in [-0.05, 0) is 55.0 Å². The highest BCUT2D eigenvalue weighted by molar-refractivity contribution is 7.92. The summed E-state index contributed by atoms with van der Waals surface area (Å²) in [5.41, 5.74) is 0.736. The molecule has 3 rings (SSSR count). The number of unbranched alkanes of at least 4 members (excludes halogenated alkanes) is 2. The van der Waals surface area contributed by atoms with E-state index in [1.54, 1.807) is 24.3 Å². The predicted molar refractivity (Wildman–Crippen MR) is 121 cm³/mol. The van der Waals surface area contributed by atoms with E-state index in [1.807, 2.05) is 0 Å². The molecular weight excluding hydrogens is 436 g/mol. The molecule has 0 aliphatic carbocycles. The number of amides is 1. The van der Waals surface area contributed by atoms with Gasteiger partial charge in [0.05, 0.1) is 12.0 Å². The minimum atomic E-state index is -3.78. The maximum Gasteiger partial charge on any atom is 0.261 e. The molecular formula is C21H24N4O4S2. The van der Waals surface area contributed by atoms with Crippen LogP contribution in [0.25, 0.3) is 0 Å². The van der Waals surface area contributed by atoms with Crippen LogP contribution in [-0.4, -0.2) is 31.6 Å². The Morgan fingerprint density at radius 2 is 1.74 bits per heavy atom. The summed E-state index contributed by atoms with van der Waals surface area (Å²) in [6.45, 7) is 2.14. The van der Waals surface area contributed by atoms with E-state index in [2.05, 4.69) is 27.2 Å². The van der Waals surface area contributed by atoms with Crippen molar-refractivity contribution in [1.82, 2.24) is 10.2 Å². The summed E-state index contributed by atoms with van der Waals surface area (Å²) in [4.78, 5) is 12.5. The predicted octanol–water partition coefficient (Wildman–Crippen LogP) is 4.33. The van der Waals surface area contributed by atoms with E-state index >= 15 is 0 Å². The first-order chi connectivity index (χ1) is 14.9. The van der Waals surface area contributed by atoms with Crippen molar-refractivity contribution in [3.05, 3.63) is 59.1 Å². The standard InChI is InChI=1S/C21H24N4O4S2/c1-3-4-5-6-19-23-24-21(30-19)22-20(26)15-7-13-18(14-8-15)31(27,28)25-16-9-11-17(29-2)12-10-16/h7-14,25H,3-6H2,1-2H3,(H,22,24,26). The van der Waals surface area contributed by atoms with Crippen molar-refractivity contribution in [3.8, 4) is 5.75 Å². The molecule has 0 bridgehead atoms. The van der Waals surface area contributed by atoms with Crippen molar-refractivity contribution in [1.29, 1.82) is 0 Å². The number of sulfonamides is 1. The average molecular weight is 461 g/mol. The summed E-state index contributed by atoms with van der Waals surface area (Å²) in [5, 5.41) is 12.1. The number of ether oxygens (including phenoxy) is 1. The molecule has 0 saturated heterocycles. The number of hydrogen-bond donors (Lipinski definition) is 2. The summed E-state index contributed by atoms with van der Waals surface area (Å²) in [6, 6.07) is 12.2. The molecule has 0 spiro atoms. The first-order valence-electron chi connectivity index (χ1n) is 9.82. The quantitative estimate of drug-likeness (QED) is 0.436. The highest BCUT2D eigenvalue weighted by Crippen LogP contribution is 2.21. The van der Waals surface area contributed by atoms with Crippen LogP contribution in [0.3, 0.4) is 0 Å². The van der Waals surface area contributed by atoms with E-state index in [4.69, 9.17) is 4.74 Å². The Morgan fingerprint density at radius 1 is 1.03 bits per heavy atom. The molecule has 8 nitrogen and oxygen atoms in total. The smallest absolute Gasteiger partial charge is 0.261 e. The molecule has 10 heteroatoms. The van der Waals surface area contributed by atoms with Crippen LogP contribution in [0.4, 0.5) is 10.8 Å². The van der Waals surface area contributed by atoms with Crippen LogP contribution in [0, 0.1) is 0 Å². The number of hydrogen-bond acceptors (Lipinski definition) is 7. The fraction of sp³-hybridized carbons (Fsp3) is 0.286. The first-order valence-corrected chi connectivity index (χ1v) is 12.1. The minimum Gasteiger partial charge on any atom is -0.497 e. The molecule has 0 saturated carbocycles. The maximum atomic E-state index is 12.6. The molecule has 2 aromatic carbocycles. The van der Waals surface area contributed by atoms with Crippen LogP contribution in [0.1, 0.15) is 41.6 Å². The number of rotatable bonds is 10. The number of methoxy groups -OCH3 is 1. The van der Waals surface area contributed by atoms with Gasteiger partial charge in [0.25, 0.3) is 15.9 Å². The second-order valence-electron chi connectivity index (χ2n) is 6.77. The fourth-order valence-electron chi connectivity index (χ4n) is 2.76. The Bertz CT molecular complexity index is 1110. The molecule has 0 atom stereocenters. The normalized spacial score (nSPS) is 11.2. The summed E-state index contributed by atoms with van der Waals surface area (Å²) < 4.78 is 32.7. The molecule has 3 aromatic rings. The van der Waals surface area contributed by atoms with Gasteiger partial charge < -0.3 is 4.74 Å². The van der Waals surface area contributed by atoms with Gasteiger partial charge in [0.2, 0.25) is 5.13 Å². The Balaban J connectivity index is 1.62. The largest absolute Gasteiger partial charge is 0.497 e. The highest BCUT2D eigenvalue weighted by atomic mass is 32.2. The molecule has 164 valence electrons. The maximum absolute atomic E-state index is 12.6. The van der Waals surface area contributed by atoms with Gasteiger partial charge in [0, 0.05) is 17.7 Å². The zero-order chi connectivity index (χ0) is 22.3. The van der Waals surface area contributed by atoms with Crippen LogP contribution in [-0.2, 0) is 16.4 Å². The molecule has 0 radical (unpaired) electrons. The molecule has 0 unspecified atom stereocenters. The topological polar surface area (TPSA) is 110 Å². The summed E-state index contributed by atoms with van der Waals surface area (Å²) in [7, 11) is -2.25. The fourth-order valence-corrected chi connectivity index (χ4v) is 4.59. The van der Waals surface area contributed by atoms with Gasteiger partial charge in [-0.2, -0.15) is 0 Å².